The molecule has 2 amide bonds. The summed E-state index contributed by atoms with van der Waals surface area (Å²) < 4.78 is 15.5. The molecule has 3 aromatic rings. The van der Waals surface area contributed by atoms with Gasteiger partial charge in [-0.1, -0.05) is 50.2 Å². The van der Waals surface area contributed by atoms with Crippen LogP contribution in [0.2, 0.25) is 0 Å². The molecule has 1 aromatic carbocycles. The van der Waals surface area contributed by atoms with Crippen molar-refractivity contribution in [1.82, 2.24) is 35.4 Å². The summed E-state index contributed by atoms with van der Waals surface area (Å²) in [5, 5.41) is 13.7. The first-order valence-corrected chi connectivity index (χ1v) is 10.9. The number of alkyl halides is 1. The molecule has 0 bridgehead atoms. The lowest BCUT2D eigenvalue weighted by molar-refractivity contribution is -0.139. The fraction of sp³-hybridized carbons (Fsp3) is 0.391. The fourth-order valence-corrected chi connectivity index (χ4v) is 3.93. The number of pyridine rings is 1. The smallest absolute Gasteiger partial charge is 0.245 e. The molecule has 9 nitrogen and oxygen atoms in total. The first-order valence-electron chi connectivity index (χ1n) is 10.9. The van der Waals surface area contributed by atoms with Crippen LogP contribution in [0.15, 0.2) is 55.0 Å². The lowest BCUT2D eigenvalue weighted by atomic mass is 10.00. The minimum Gasteiger partial charge on any atom is -0.342 e. The molecule has 1 N–H and O–H groups in total. The van der Waals surface area contributed by atoms with Gasteiger partial charge in [0.05, 0.1) is 18.3 Å². The van der Waals surface area contributed by atoms with Crippen LogP contribution in [0.5, 0.6) is 0 Å². The molecule has 1 aliphatic heterocycles. The van der Waals surface area contributed by atoms with Crippen LogP contribution < -0.4 is 5.32 Å². The van der Waals surface area contributed by atoms with Crippen molar-refractivity contribution in [2.45, 2.75) is 51.0 Å². The Bertz CT molecular complexity index is 1070. The summed E-state index contributed by atoms with van der Waals surface area (Å²) in [5.41, 5.74) is 2.60. The highest BCUT2D eigenvalue weighted by Crippen LogP contribution is 2.26. The molecule has 4 rings (SSSR count). The van der Waals surface area contributed by atoms with Crippen LogP contribution in [-0.4, -0.2) is 60.7 Å². The number of nitrogens with zero attached hydrogens (tertiary/aromatic N) is 6. The highest BCUT2D eigenvalue weighted by atomic mass is 19.1. The van der Waals surface area contributed by atoms with Gasteiger partial charge in [-0.25, -0.2) is 9.07 Å². The first kappa shape index (κ1) is 22.5. The molecule has 0 unspecified atom stereocenters. The summed E-state index contributed by atoms with van der Waals surface area (Å²) in [6.07, 6.45) is 1.76. The van der Waals surface area contributed by atoms with Crippen molar-refractivity contribution in [3.05, 3.63) is 71.8 Å². The van der Waals surface area contributed by atoms with E-state index in [-0.39, 0.29) is 19.5 Å². The fourth-order valence-electron chi connectivity index (χ4n) is 3.93. The van der Waals surface area contributed by atoms with Crippen LogP contribution >= 0.6 is 0 Å². The van der Waals surface area contributed by atoms with Gasteiger partial charge in [0.25, 0.3) is 0 Å². The minimum atomic E-state index is -1.28. The van der Waals surface area contributed by atoms with Crippen molar-refractivity contribution in [2.75, 3.05) is 6.54 Å². The predicted molar refractivity (Wildman–Crippen MR) is 118 cm³/mol. The molecule has 33 heavy (non-hydrogen) atoms. The number of carbonyl (C=O) groups excluding carboxylic acids is 2. The summed E-state index contributed by atoms with van der Waals surface area (Å²) in [7, 11) is 0. The number of likely N-dealkylation sites (tertiary alicyclic amines) is 1. The average molecular weight is 452 g/mol. The quantitative estimate of drug-likeness (QED) is 0.589. The van der Waals surface area contributed by atoms with Gasteiger partial charge in [-0.3, -0.25) is 14.6 Å². The minimum absolute atomic E-state index is 0.0611. The van der Waals surface area contributed by atoms with E-state index in [1.54, 1.807) is 6.20 Å². The Morgan fingerprint density at radius 2 is 1.94 bits per heavy atom. The van der Waals surface area contributed by atoms with Crippen LogP contribution in [0.4, 0.5) is 4.39 Å². The maximum atomic E-state index is 14.3. The predicted octanol–water partition coefficient (Wildman–Crippen LogP) is 2.04. The van der Waals surface area contributed by atoms with Gasteiger partial charge in [-0.15, -0.1) is 5.10 Å². The van der Waals surface area contributed by atoms with Crippen molar-refractivity contribution in [2.24, 2.45) is 0 Å². The van der Waals surface area contributed by atoms with Gasteiger partial charge >= 0.3 is 0 Å². The second-order valence-electron chi connectivity index (χ2n) is 8.43. The van der Waals surface area contributed by atoms with E-state index in [4.69, 9.17) is 0 Å². The van der Waals surface area contributed by atoms with E-state index in [0.717, 1.165) is 11.1 Å². The van der Waals surface area contributed by atoms with E-state index in [1.165, 1.54) is 15.9 Å². The van der Waals surface area contributed by atoms with Crippen molar-refractivity contribution in [3.8, 4) is 0 Å². The first-order chi connectivity index (χ1) is 15.9. The van der Waals surface area contributed by atoms with E-state index in [9.17, 15) is 14.0 Å². The Balaban J connectivity index is 1.56. The molecule has 2 aromatic heterocycles. The number of rotatable bonds is 7. The zero-order valence-corrected chi connectivity index (χ0v) is 18.5. The van der Waals surface area contributed by atoms with Crippen molar-refractivity contribution >= 4 is 11.8 Å². The molecule has 172 valence electrons. The van der Waals surface area contributed by atoms with E-state index in [2.05, 4.69) is 39.7 Å². The molecule has 1 saturated heterocycles. The molecule has 3 heterocycles. The summed E-state index contributed by atoms with van der Waals surface area (Å²) in [4.78, 5) is 31.9. The lowest BCUT2D eigenvalue weighted by Crippen LogP contribution is -2.48. The monoisotopic (exact) mass is 451 g/mol. The normalized spacial score (nSPS) is 19.0. The third-order valence-corrected chi connectivity index (χ3v) is 5.75. The number of carbonyl (C=O) groups is 2. The largest absolute Gasteiger partial charge is 0.342 e. The van der Waals surface area contributed by atoms with E-state index >= 15 is 0 Å². The van der Waals surface area contributed by atoms with Gasteiger partial charge in [0, 0.05) is 12.6 Å². The molecule has 0 saturated carbocycles. The lowest BCUT2D eigenvalue weighted by Gasteiger charge is -2.26. The molecular weight excluding hydrogens is 425 g/mol. The number of aromatic nitrogens is 5. The van der Waals surface area contributed by atoms with Crippen LogP contribution in [0.3, 0.4) is 0 Å². The van der Waals surface area contributed by atoms with E-state index in [1.807, 2.05) is 42.5 Å². The van der Waals surface area contributed by atoms with Crippen LogP contribution in [0.25, 0.3) is 0 Å². The van der Waals surface area contributed by atoms with Gasteiger partial charge in [0.2, 0.25) is 11.8 Å². The average Bonchev–Trinajstić information content (AvgIpc) is 3.47. The van der Waals surface area contributed by atoms with Gasteiger partial charge < -0.3 is 10.2 Å². The molecule has 0 radical (unpaired) electrons. The van der Waals surface area contributed by atoms with Gasteiger partial charge in [0.15, 0.2) is 0 Å². The Morgan fingerprint density at radius 1 is 1.15 bits per heavy atom. The number of nitrogens with one attached hydrogen (secondary N) is 1. The zero-order chi connectivity index (χ0) is 23.4. The third-order valence-electron chi connectivity index (χ3n) is 5.75. The maximum absolute atomic E-state index is 14.3. The van der Waals surface area contributed by atoms with Crippen molar-refractivity contribution in [3.63, 3.8) is 0 Å². The molecular formula is C23H26FN7O2. The molecule has 0 aliphatic carbocycles. The number of hydrogen-bond donors (Lipinski definition) is 1. The van der Waals surface area contributed by atoms with E-state index < -0.39 is 30.1 Å². The molecule has 1 aliphatic rings. The Kier molecular flexibility index (Phi) is 6.71. The van der Waals surface area contributed by atoms with Crippen LogP contribution in [0.1, 0.15) is 49.0 Å². The molecule has 1 fully saturated rings. The van der Waals surface area contributed by atoms with Crippen molar-refractivity contribution < 1.29 is 14.0 Å². The topological polar surface area (TPSA) is 106 Å². The number of halogens is 1. The molecule has 3 atom stereocenters. The summed E-state index contributed by atoms with van der Waals surface area (Å²) in [5.74, 6) is -0.516. The Morgan fingerprint density at radius 3 is 2.58 bits per heavy atom. The molecule has 0 spiro atoms. The zero-order valence-electron chi connectivity index (χ0n) is 18.5. The summed E-state index contributed by atoms with van der Waals surface area (Å²) in [6, 6.07) is 11.9. The van der Waals surface area contributed by atoms with Gasteiger partial charge in [-0.2, -0.15) is 0 Å². The van der Waals surface area contributed by atoms with Crippen molar-refractivity contribution in [1.29, 1.82) is 0 Å². The Labute approximate surface area is 191 Å². The SMILES string of the molecule is CC(C)c1ccc([C@@H](NC(=O)[C@@H]2C[C@@H](F)CN2C(=O)Cn2cnnn2)c2ccccc2)nc1. The number of amides is 2. The maximum Gasteiger partial charge on any atom is 0.245 e. The summed E-state index contributed by atoms with van der Waals surface area (Å²) >= 11 is 0. The second kappa shape index (κ2) is 9.85. The second-order valence-corrected chi connectivity index (χ2v) is 8.43. The number of tetrazole rings is 1. The standard InChI is InChI=1S/C23H26FN7O2/c1-15(2)17-8-9-19(25-11-17)22(16-6-4-3-5-7-16)27-23(33)20-10-18(24)12-31(20)21(32)13-30-14-26-28-29-30/h3-9,11,14-15,18,20,22H,10,12-13H2,1-2H3,(H,27,33)/t18-,20+,22+/m1/s1. The molecule has 10 heteroatoms. The van der Waals surface area contributed by atoms with Gasteiger partial charge in [0.1, 0.15) is 25.1 Å². The van der Waals surface area contributed by atoms with Crippen LogP contribution in [-0.2, 0) is 16.1 Å². The highest BCUT2D eigenvalue weighted by Gasteiger charge is 2.40. The number of benzene rings is 1. The Hall–Kier alpha value is -3.69. The third kappa shape index (κ3) is 5.21. The van der Waals surface area contributed by atoms with Crippen LogP contribution in [0, 0.1) is 0 Å². The number of hydrogen-bond acceptors (Lipinski definition) is 6. The summed E-state index contributed by atoms with van der Waals surface area (Å²) in [6.45, 7) is 3.86. The van der Waals surface area contributed by atoms with Gasteiger partial charge in [-0.05, 0) is 33.5 Å². The van der Waals surface area contributed by atoms with E-state index in [0.29, 0.717) is 11.6 Å². The highest BCUT2D eigenvalue weighted by molar-refractivity contribution is 5.88.